The number of aryl methyl sites for hydroxylation is 2. The molecule has 1 aromatic carbocycles. The van der Waals surface area contributed by atoms with Gasteiger partial charge in [-0.1, -0.05) is 30.3 Å². The quantitative estimate of drug-likeness (QED) is 0.904. The highest BCUT2D eigenvalue weighted by Gasteiger charge is 2.31. The molecule has 5 heteroatoms. The molecule has 2 unspecified atom stereocenters. The normalized spacial score (nSPS) is 22.7. The number of hydrogen-bond donors (Lipinski definition) is 1. The first-order valence-corrected chi connectivity index (χ1v) is 9.28. The van der Waals surface area contributed by atoms with E-state index < -0.39 is 0 Å². The summed E-state index contributed by atoms with van der Waals surface area (Å²) in [6, 6.07) is 12.3. The summed E-state index contributed by atoms with van der Waals surface area (Å²) in [4.78, 5) is 12.5. The molecule has 1 N–H and O–H groups in total. The van der Waals surface area contributed by atoms with Crippen molar-refractivity contribution in [2.24, 2.45) is 0 Å². The van der Waals surface area contributed by atoms with Crippen molar-refractivity contribution >= 4 is 0 Å². The zero-order chi connectivity index (χ0) is 17.1. The van der Waals surface area contributed by atoms with E-state index in [-0.39, 0.29) is 17.6 Å². The van der Waals surface area contributed by atoms with Crippen molar-refractivity contribution in [2.75, 3.05) is 19.8 Å². The lowest BCUT2D eigenvalue weighted by Gasteiger charge is -2.23. The molecular formula is C20H25N3O2. The molecule has 4 rings (SSSR count). The van der Waals surface area contributed by atoms with Crippen LogP contribution in [0.3, 0.4) is 0 Å². The van der Waals surface area contributed by atoms with E-state index in [2.05, 4.69) is 29.6 Å². The number of fused-ring (bicyclic) bond motifs is 1. The lowest BCUT2D eigenvalue weighted by atomic mass is 9.97. The van der Waals surface area contributed by atoms with Crippen LogP contribution in [0.15, 0.2) is 41.2 Å². The molecule has 5 nitrogen and oxygen atoms in total. The Morgan fingerprint density at radius 1 is 1.16 bits per heavy atom. The van der Waals surface area contributed by atoms with Crippen LogP contribution in [0, 0.1) is 0 Å². The van der Waals surface area contributed by atoms with Gasteiger partial charge in [-0.15, -0.1) is 0 Å². The van der Waals surface area contributed by atoms with E-state index in [0.29, 0.717) is 13.2 Å². The van der Waals surface area contributed by atoms with Gasteiger partial charge in [0.15, 0.2) is 0 Å². The Morgan fingerprint density at radius 2 is 2.00 bits per heavy atom. The van der Waals surface area contributed by atoms with E-state index in [9.17, 15) is 4.79 Å². The summed E-state index contributed by atoms with van der Waals surface area (Å²) in [6.45, 7) is 2.05. The van der Waals surface area contributed by atoms with Crippen molar-refractivity contribution in [3.63, 3.8) is 0 Å². The predicted octanol–water partition coefficient (Wildman–Crippen LogP) is 1.89. The summed E-state index contributed by atoms with van der Waals surface area (Å²) >= 11 is 0. The topological polar surface area (TPSA) is 56.2 Å². The van der Waals surface area contributed by atoms with Crippen LogP contribution in [0.4, 0.5) is 0 Å². The van der Waals surface area contributed by atoms with Crippen LogP contribution in [0.5, 0.6) is 0 Å². The summed E-state index contributed by atoms with van der Waals surface area (Å²) in [5.41, 5.74) is 3.56. The highest BCUT2D eigenvalue weighted by Crippen LogP contribution is 2.21. The molecule has 1 fully saturated rings. The molecule has 2 heterocycles. The van der Waals surface area contributed by atoms with E-state index in [1.807, 2.05) is 6.07 Å². The summed E-state index contributed by atoms with van der Waals surface area (Å²) in [5, 5.41) is 8.26. The largest absolute Gasteiger partial charge is 0.377 e. The Hall–Kier alpha value is -1.98. The molecule has 1 aromatic heterocycles. The maximum atomic E-state index is 12.5. The lowest BCUT2D eigenvalue weighted by molar-refractivity contribution is 0.180. The molecule has 0 spiro atoms. The summed E-state index contributed by atoms with van der Waals surface area (Å²) in [6.07, 6.45) is 5.26. The fourth-order valence-corrected chi connectivity index (χ4v) is 3.84. The monoisotopic (exact) mass is 339 g/mol. The van der Waals surface area contributed by atoms with Crippen LogP contribution in [0.1, 0.15) is 35.7 Å². The van der Waals surface area contributed by atoms with Crippen LogP contribution >= 0.6 is 0 Å². The number of benzene rings is 1. The van der Waals surface area contributed by atoms with Crippen LogP contribution in [0.25, 0.3) is 0 Å². The van der Waals surface area contributed by atoms with Crippen molar-refractivity contribution in [3.8, 4) is 0 Å². The minimum Gasteiger partial charge on any atom is -0.377 e. The van der Waals surface area contributed by atoms with Gasteiger partial charge in [-0.3, -0.25) is 4.79 Å². The number of aromatic nitrogens is 2. The summed E-state index contributed by atoms with van der Waals surface area (Å²) in [7, 11) is 0. The van der Waals surface area contributed by atoms with E-state index >= 15 is 0 Å². The molecule has 2 aromatic rings. The van der Waals surface area contributed by atoms with E-state index in [1.165, 1.54) is 5.56 Å². The Balaban J connectivity index is 1.45. The third-order valence-corrected chi connectivity index (χ3v) is 5.26. The van der Waals surface area contributed by atoms with Crippen LogP contribution in [-0.2, 0) is 24.0 Å². The third-order valence-electron chi connectivity index (χ3n) is 5.26. The van der Waals surface area contributed by atoms with Gasteiger partial charge in [0.25, 0.3) is 5.56 Å². The number of nitrogens with zero attached hydrogens (tertiary/aromatic N) is 2. The second-order valence-electron chi connectivity index (χ2n) is 7.01. The maximum absolute atomic E-state index is 12.5. The Labute approximate surface area is 148 Å². The Kier molecular flexibility index (Phi) is 4.95. The SMILES string of the molecule is O=c1cc2c(nn1C1COCC1NCCc1ccccc1)CCCC2. The number of hydrogen-bond acceptors (Lipinski definition) is 4. The molecule has 0 bridgehead atoms. The van der Waals surface area contributed by atoms with Gasteiger partial charge in [0.1, 0.15) is 0 Å². The minimum absolute atomic E-state index is 0.00556. The average Bonchev–Trinajstić information content (AvgIpc) is 3.10. The lowest BCUT2D eigenvalue weighted by Crippen LogP contribution is -2.42. The van der Waals surface area contributed by atoms with Gasteiger partial charge < -0.3 is 10.1 Å². The molecule has 1 saturated heterocycles. The molecule has 2 aliphatic rings. The average molecular weight is 339 g/mol. The first-order valence-electron chi connectivity index (χ1n) is 9.28. The molecule has 1 aliphatic carbocycles. The number of nitrogens with one attached hydrogen (secondary N) is 1. The zero-order valence-corrected chi connectivity index (χ0v) is 14.5. The standard InChI is InChI=1S/C20H25N3O2/c24-20-12-16-8-4-5-9-17(16)22-23(20)19-14-25-13-18(19)21-11-10-15-6-2-1-3-7-15/h1-3,6-7,12,18-19,21H,4-5,8-11,13-14H2. The molecule has 132 valence electrons. The second kappa shape index (κ2) is 7.50. The predicted molar refractivity (Wildman–Crippen MR) is 96.9 cm³/mol. The Bertz CT molecular complexity index is 772. The van der Waals surface area contributed by atoms with E-state index in [1.54, 1.807) is 10.7 Å². The van der Waals surface area contributed by atoms with Gasteiger partial charge >= 0.3 is 0 Å². The van der Waals surface area contributed by atoms with Gasteiger partial charge in [-0.05, 0) is 49.8 Å². The van der Waals surface area contributed by atoms with Gasteiger partial charge in [-0.2, -0.15) is 5.10 Å². The van der Waals surface area contributed by atoms with Crippen molar-refractivity contribution in [1.29, 1.82) is 0 Å². The smallest absolute Gasteiger partial charge is 0.267 e. The van der Waals surface area contributed by atoms with Gasteiger partial charge in [0.05, 0.1) is 31.0 Å². The van der Waals surface area contributed by atoms with Crippen molar-refractivity contribution < 1.29 is 4.74 Å². The number of ether oxygens (including phenoxy) is 1. The molecule has 2 atom stereocenters. The second-order valence-corrected chi connectivity index (χ2v) is 7.01. The van der Waals surface area contributed by atoms with E-state index in [4.69, 9.17) is 9.84 Å². The van der Waals surface area contributed by atoms with Crippen molar-refractivity contribution in [3.05, 3.63) is 63.6 Å². The van der Waals surface area contributed by atoms with Gasteiger partial charge in [-0.25, -0.2) is 4.68 Å². The van der Waals surface area contributed by atoms with Gasteiger partial charge in [0, 0.05) is 6.07 Å². The van der Waals surface area contributed by atoms with Crippen LogP contribution in [-0.4, -0.2) is 35.6 Å². The maximum Gasteiger partial charge on any atom is 0.267 e. The first-order chi connectivity index (χ1) is 12.3. The first kappa shape index (κ1) is 16.5. The number of rotatable bonds is 5. The zero-order valence-electron chi connectivity index (χ0n) is 14.5. The molecule has 1 aliphatic heterocycles. The summed E-state index contributed by atoms with van der Waals surface area (Å²) in [5.74, 6) is 0. The summed E-state index contributed by atoms with van der Waals surface area (Å²) < 4.78 is 7.33. The minimum atomic E-state index is -0.0181. The molecule has 0 radical (unpaired) electrons. The molecule has 0 saturated carbocycles. The Morgan fingerprint density at radius 3 is 2.88 bits per heavy atom. The highest BCUT2D eigenvalue weighted by atomic mass is 16.5. The van der Waals surface area contributed by atoms with E-state index in [0.717, 1.165) is 49.9 Å². The van der Waals surface area contributed by atoms with Gasteiger partial charge in [0.2, 0.25) is 0 Å². The van der Waals surface area contributed by atoms with Crippen LogP contribution < -0.4 is 10.9 Å². The van der Waals surface area contributed by atoms with Crippen molar-refractivity contribution in [2.45, 2.75) is 44.2 Å². The fraction of sp³-hybridized carbons (Fsp3) is 0.500. The van der Waals surface area contributed by atoms with Crippen molar-refractivity contribution in [1.82, 2.24) is 15.1 Å². The molecule has 25 heavy (non-hydrogen) atoms. The third kappa shape index (κ3) is 3.67. The molecular weight excluding hydrogens is 314 g/mol. The fourth-order valence-electron chi connectivity index (χ4n) is 3.84. The highest BCUT2D eigenvalue weighted by molar-refractivity contribution is 5.21. The molecule has 0 amide bonds. The van der Waals surface area contributed by atoms with Crippen LogP contribution in [0.2, 0.25) is 0 Å².